The van der Waals surface area contributed by atoms with Gasteiger partial charge in [-0.25, -0.2) is 8.42 Å². The Bertz CT molecular complexity index is 539. The van der Waals surface area contributed by atoms with E-state index in [9.17, 15) is 13.2 Å². The molecule has 0 aliphatic carbocycles. The van der Waals surface area contributed by atoms with Gasteiger partial charge in [-0.1, -0.05) is 19.1 Å². The average molecular weight is 267 g/mol. The van der Waals surface area contributed by atoms with Crippen molar-refractivity contribution in [2.45, 2.75) is 24.7 Å². The quantitative estimate of drug-likeness (QED) is 0.786. The summed E-state index contributed by atoms with van der Waals surface area (Å²) in [4.78, 5) is 10.9. The second-order valence-corrected chi connectivity index (χ2v) is 6.74. The molecule has 98 valence electrons. The zero-order valence-electron chi connectivity index (χ0n) is 10.4. The van der Waals surface area contributed by atoms with Crippen molar-refractivity contribution in [2.24, 2.45) is 5.92 Å². The largest absolute Gasteiger partial charge is 0.298 e. The van der Waals surface area contributed by atoms with Gasteiger partial charge in [0.25, 0.3) is 0 Å². The van der Waals surface area contributed by atoms with Gasteiger partial charge in [0.15, 0.2) is 0 Å². The third-order valence-corrected chi connectivity index (χ3v) is 5.11. The van der Waals surface area contributed by atoms with Gasteiger partial charge >= 0.3 is 0 Å². The number of piperidine rings is 1. The van der Waals surface area contributed by atoms with Crippen molar-refractivity contribution >= 4 is 16.3 Å². The first-order chi connectivity index (χ1) is 8.54. The van der Waals surface area contributed by atoms with Crippen molar-refractivity contribution in [1.29, 1.82) is 0 Å². The molecule has 1 atom stereocenters. The van der Waals surface area contributed by atoms with Crippen molar-refractivity contribution in [1.82, 2.24) is 4.31 Å². The van der Waals surface area contributed by atoms with E-state index in [0.29, 0.717) is 30.9 Å². The van der Waals surface area contributed by atoms with Gasteiger partial charge in [0.05, 0.1) is 4.90 Å². The summed E-state index contributed by atoms with van der Waals surface area (Å²) in [5.41, 5.74) is 0.390. The second kappa shape index (κ2) is 5.20. The minimum Gasteiger partial charge on any atom is -0.298 e. The second-order valence-electron chi connectivity index (χ2n) is 4.80. The minimum atomic E-state index is -3.45. The molecule has 2 rings (SSSR count). The average Bonchev–Trinajstić information content (AvgIpc) is 2.39. The normalized spacial score (nSPS) is 21.7. The first-order valence-electron chi connectivity index (χ1n) is 6.09. The van der Waals surface area contributed by atoms with E-state index in [-0.39, 0.29) is 4.90 Å². The lowest BCUT2D eigenvalue weighted by molar-refractivity contribution is 0.112. The molecule has 1 unspecified atom stereocenters. The van der Waals surface area contributed by atoms with E-state index < -0.39 is 10.0 Å². The van der Waals surface area contributed by atoms with Crippen LogP contribution in [0.4, 0.5) is 0 Å². The number of hydrogen-bond acceptors (Lipinski definition) is 3. The maximum absolute atomic E-state index is 12.4. The number of aldehydes is 1. The molecule has 0 amide bonds. The number of sulfonamides is 1. The molecule has 0 bridgehead atoms. The summed E-state index contributed by atoms with van der Waals surface area (Å²) in [6, 6.07) is 6.18. The molecule has 0 N–H and O–H groups in total. The van der Waals surface area contributed by atoms with E-state index in [1.54, 1.807) is 18.2 Å². The number of benzene rings is 1. The molecule has 1 aromatic carbocycles. The molecule has 1 aromatic rings. The molecule has 1 fully saturated rings. The van der Waals surface area contributed by atoms with E-state index >= 15 is 0 Å². The van der Waals surface area contributed by atoms with Crippen LogP contribution in [-0.2, 0) is 10.0 Å². The summed E-state index contributed by atoms with van der Waals surface area (Å²) < 4.78 is 26.3. The topological polar surface area (TPSA) is 54.5 Å². The Morgan fingerprint density at radius 2 is 2.17 bits per heavy atom. The summed E-state index contributed by atoms with van der Waals surface area (Å²) in [5.74, 6) is 0.391. The van der Waals surface area contributed by atoms with E-state index in [0.717, 1.165) is 12.8 Å². The van der Waals surface area contributed by atoms with Crippen LogP contribution < -0.4 is 0 Å². The van der Waals surface area contributed by atoms with Crippen LogP contribution in [0.15, 0.2) is 29.2 Å². The lowest BCUT2D eigenvalue weighted by atomic mass is 10.0. The lowest BCUT2D eigenvalue weighted by Crippen LogP contribution is -2.39. The number of hydrogen-bond donors (Lipinski definition) is 0. The smallest absolute Gasteiger partial charge is 0.243 e. The Labute approximate surface area is 108 Å². The van der Waals surface area contributed by atoms with E-state index in [1.165, 1.54) is 10.4 Å². The van der Waals surface area contributed by atoms with Crippen LogP contribution in [0.5, 0.6) is 0 Å². The highest BCUT2D eigenvalue weighted by molar-refractivity contribution is 7.89. The van der Waals surface area contributed by atoms with Crippen molar-refractivity contribution in [3.8, 4) is 0 Å². The van der Waals surface area contributed by atoms with Crippen LogP contribution in [0, 0.1) is 5.92 Å². The summed E-state index contributed by atoms with van der Waals surface area (Å²) in [6.07, 6.45) is 2.63. The summed E-state index contributed by atoms with van der Waals surface area (Å²) >= 11 is 0. The standard InChI is InChI=1S/C13H17NO3S/c1-11-4-3-7-14(9-11)18(16,17)13-6-2-5-12(8-13)10-15/h2,5-6,8,10-11H,3-4,7,9H2,1H3. The first kappa shape index (κ1) is 13.2. The van der Waals surface area contributed by atoms with Gasteiger partial charge in [-0.15, -0.1) is 0 Å². The summed E-state index contributed by atoms with van der Waals surface area (Å²) in [5, 5.41) is 0. The lowest BCUT2D eigenvalue weighted by Gasteiger charge is -2.30. The Morgan fingerprint density at radius 1 is 1.39 bits per heavy atom. The van der Waals surface area contributed by atoms with Crippen LogP contribution in [0.1, 0.15) is 30.1 Å². The fourth-order valence-electron chi connectivity index (χ4n) is 2.26. The van der Waals surface area contributed by atoms with Crippen LogP contribution in [0.25, 0.3) is 0 Å². The zero-order valence-corrected chi connectivity index (χ0v) is 11.2. The van der Waals surface area contributed by atoms with E-state index in [1.807, 2.05) is 0 Å². The van der Waals surface area contributed by atoms with E-state index in [4.69, 9.17) is 0 Å². The zero-order chi connectivity index (χ0) is 13.2. The molecular formula is C13H17NO3S. The van der Waals surface area contributed by atoms with E-state index in [2.05, 4.69) is 6.92 Å². The Balaban J connectivity index is 2.32. The highest BCUT2D eigenvalue weighted by Gasteiger charge is 2.28. The summed E-state index contributed by atoms with van der Waals surface area (Å²) in [7, 11) is -3.45. The molecule has 1 aliphatic rings. The molecule has 18 heavy (non-hydrogen) atoms. The minimum absolute atomic E-state index is 0.209. The van der Waals surface area contributed by atoms with Gasteiger partial charge < -0.3 is 0 Å². The highest BCUT2D eigenvalue weighted by atomic mass is 32.2. The van der Waals surface area contributed by atoms with Crippen molar-refractivity contribution in [3.63, 3.8) is 0 Å². The fourth-order valence-corrected chi connectivity index (χ4v) is 3.92. The number of rotatable bonds is 3. The number of carbonyl (C=O) groups is 1. The van der Waals surface area contributed by atoms with Gasteiger partial charge in [-0.05, 0) is 30.9 Å². The molecule has 4 nitrogen and oxygen atoms in total. The Kier molecular flexibility index (Phi) is 3.82. The monoisotopic (exact) mass is 267 g/mol. The van der Waals surface area contributed by atoms with Crippen LogP contribution in [-0.4, -0.2) is 32.1 Å². The number of carbonyl (C=O) groups excluding carboxylic acids is 1. The number of nitrogens with zero attached hydrogens (tertiary/aromatic N) is 1. The molecule has 0 spiro atoms. The maximum atomic E-state index is 12.4. The third kappa shape index (κ3) is 2.62. The molecule has 1 saturated heterocycles. The van der Waals surface area contributed by atoms with Crippen molar-refractivity contribution < 1.29 is 13.2 Å². The van der Waals surface area contributed by atoms with Crippen LogP contribution in [0.2, 0.25) is 0 Å². The molecule has 0 aromatic heterocycles. The Hall–Kier alpha value is -1.20. The molecule has 0 radical (unpaired) electrons. The van der Waals surface area contributed by atoms with Crippen molar-refractivity contribution in [2.75, 3.05) is 13.1 Å². The highest BCUT2D eigenvalue weighted by Crippen LogP contribution is 2.23. The van der Waals surface area contributed by atoms with Crippen molar-refractivity contribution in [3.05, 3.63) is 29.8 Å². The Morgan fingerprint density at radius 3 is 2.83 bits per heavy atom. The van der Waals surface area contributed by atoms with Gasteiger partial charge in [-0.3, -0.25) is 4.79 Å². The SMILES string of the molecule is CC1CCCN(S(=O)(=O)c2cccc(C=O)c2)C1. The van der Waals surface area contributed by atoms with Gasteiger partial charge in [0.1, 0.15) is 6.29 Å². The van der Waals surface area contributed by atoms with Gasteiger partial charge in [0.2, 0.25) is 10.0 Å². The molecule has 1 heterocycles. The van der Waals surface area contributed by atoms with Gasteiger partial charge in [-0.2, -0.15) is 4.31 Å². The van der Waals surface area contributed by atoms with Gasteiger partial charge in [0, 0.05) is 18.7 Å². The fraction of sp³-hybridized carbons (Fsp3) is 0.462. The van der Waals surface area contributed by atoms with Crippen LogP contribution >= 0.6 is 0 Å². The first-order valence-corrected chi connectivity index (χ1v) is 7.53. The molecule has 5 heteroatoms. The predicted octanol–water partition coefficient (Wildman–Crippen LogP) is 1.92. The molecular weight excluding hydrogens is 250 g/mol. The summed E-state index contributed by atoms with van der Waals surface area (Å²) in [6.45, 7) is 3.19. The predicted molar refractivity (Wildman–Crippen MR) is 69.0 cm³/mol. The maximum Gasteiger partial charge on any atom is 0.243 e. The molecule has 0 saturated carbocycles. The van der Waals surface area contributed by atoms with Crippen LogP contribution in [0.3, 0.4) is 0 Å². The third-order valence-electron chi connectivity index (χ3n) is 3.25. The molecule has 1 aliphatic heterocycles.